The maximum atomic E-state index is 5.97. The topological polar surface area (TPSA) is 47.0 Å². The van der Waals surface area contributed by atoms with Crippen molar-refractivity contribution in [3.05, 3.63) is 41.2 Å². The molecule has 2 aromatic rings. The molecule has 0 aliphatic heterocycles. The van der Waals surface area contributed by atoms with Crippen LogP contribution in [0.4, 0.5) is 5.82 Å². The van der Waals surface area contributed by atoms with Crippen molar-refractivity contribution in [2.45, 2.75) is 38.0 Å². The Morgan fingerprint density at radius 1 is 1.10 bits per heavy atom. The van der Waals surface area contributed by atoms with Gasteiger partial charge in [0.05, 0.1) is 0 Å². The lowest BCUT2D eigenvalue weighted by Gasteiger charge is -2.10. The third-order valence-electron chi connectivity index (χ3n) is 4.21. The van der Waals surface area contributed by atoms with Gasteiger partial charge in [0.25, 0.3) is 0 Å². The fraction of sp³-hybridized carbons (Fsp3) is 0.412. The second kappa shape index (κ2) is 5.02. The quantitative estimate of drug-likeness (QED) is 0.928. The van der Waals surface area contributed by atoms with Crippen LogP contribution in [0.25, 0.3) is 0 Å². The van der Waals surface area contributed by atoms with Crippen LogP contribution in [0.1, 0.15) is 42.1 Å². The molecule has 21 heavy (non-hydrogen) atoms. The van der Waals surface area contributed by atoms with Gasteiger partial charge in [-0.3, -0.25) is 0 Å². The lowest BCUT2D eigenvalue weighted by Crippen LogP contribution is -2.01. The smallest absolute Gasteiger partial charge is 0.224 e. The molecule has 0 saturated heterocycles. The van der Waals surface area contributed by atoms with Crippen molar-refractivity contribution in [2.24, 2.45) is 0 Å². The Labute approximate surface area is 124 Å². The van der Waals surface area contributed by atoms with E-state index in [1.165, 1.54) is 36.8 Å². The molecule has 1 heterocycles. The first-order valence-electron chi connectivity index (χ1n) is 7.68. The van der Waals surface area contributed by atoms with E-state index in [-0.39, 0.29) is 0 Å². The number of benzene rings is 1. The zero-order chi connectivity index (χ0) is 14.2. The van der Waals surface area contributed by atoms with Gasteiger partial charge in [-0.15, -0.1) is 0 Å². The zero-order valence-electron chi connectivity index (χ0n) is 12.2. The standard InChI is InChI=1S/C17H19N3O/c1-18-15-10-16(20-17(19-15)12-5-6-12)21-14-8-7-11-3-2-4-13(11)9-14/h7-10,12H,2-6H2,1H3,(H,18,19,20). The van der Waals surface area contributed by atoms with Crippen LogP contribution in [-0.2, 0) is 12.8 Å². The van der Waals surface area contributed by atoms with Crippen molar-refractivity contribution in [3.63, 3.8) is 0 Å². The van der Waals surface area contributed by atoms with Crippen molar-refractivity contribution in [2.75, 3.05) is 12.4 Å². The van der Waals surface area contributed by atoms with Crippen molar-refractivity contribution in [1.82, 2.24) is 9.97 Å². The molecule has 0 spiro atoms. The van der Waals surface area contributed by atoms with Gasteiger partial charge < -0.3 is 10.1 Å². The Hall–Kier alpha value is -2.10. The van der Waals surface area contributed by atoms with Gasteiger partial charge in [-0.05, 0) is 55.4 Å². The molecule has 2 aliphatic carbocycles. The highest BCUT2D eigenvalue weighted by molar-refractivity contribution is 5.43. The van der Waals surface area contributed by atoms with Crippen LogP contribution in [0.5, 0.6) is 11.6 Å². The summed E-state index contributed by atoms with van der Waals surface area (Å²) in [7, 11) is 1.87. The van der Waals surface area contributed by atoms with Crippen molar-refractivity contribution < 1.29 is 4.74 Å². The number of rotatable bonds is 4. The van der Waals surface area contributed by atoms with Crippen LogP contribution < -0.4 is 10.1 Å². The molecule has 1 aromatic carbocycles. The van der Waals surface area contributed by atoms with E-state index in [0.29, 0.717) is 11.8 Å². The Morgan fingerprint density at radius 3 is 2.76 bits per heavy atom. The lowest BCUT2D eigenvalue weighted by atomic mass is 10.1. The molecular weight excluding hydrogens is 262 g/mol. The summed E-state index contributed by atoms with van der Waals surface area (Å²) in [5.74, 6) is 3.74. The van der Waals surface area contributed by atoms with Crippen molar-refractivity contribution in [3.8, 4) is 11.6 Å². The predicted molar refractivity (Wildman–Crippen MR) is 82.1 cm³/mol. The van der Waals surface area contributed by atoms with Gasteiger partial charge in [0, 0.05) is 19.0 Å². The largest absolute Gasteiger partial charge is 0.439 e. The highest BCUT2D eigenvalue weighted by Gasteiger charge is 2.27. The molecule has 1 fully saturated rings. The monoisotopic (exact) mass is 281 g/mol. The van der Waals surface area contributed by atoms with Crippen LogP contribution in [0.2, 0.25) is 0 Å². The summed E-state index contributed by atoms with van der Waals surface area (Å²) < 4.78 is 5.97. The van der Waals surface area contributed by atoms with Gasteiger partial charge in [-0.2, -0.15) is 4.98 Å². The summed E-state index contributed by atoms with van der Waals surface area (Å²) in [4.78, 5) is 9.07. The van der Waals surface area contributed by atoms with Crippen molar-refractivity contribution >= 4 is 5.82 Å². The number of aryl methyl sites for hydroxylation is 2. The summed E-state index contributed by atoms with van der Waals surface area (Å²) in [5.41, 5.74) is 2.87. The minimum Gasteiger partial charge on any atom is -0.439 e. The average Bonchev–Trinajstić information content (AvgIpc) is 3.25. The van der Waals surface area contributed by atoms with Crippen LogP contribution in [-0.4, -0.2) is 17.0 Å². The normalized spacial score (nSPS) is 16.6. The van der Waals surface area contributed by atoms with E-state index in [0.717, 1.165) is 23.8 Å². The molecule has 108 valence electrons. The number of nitrogens with zero attached hydrogens (tertiary/aromatic N) is 2. The number of hydrogen-bond donors (Lipinski definition) is 1. The van der Waals surface area contributed by atoms with Gasteiger partial charge in [0.2, 0.25) is 5.88 Å². The molecule has 1 saturated carbocycles. The molecule has 0 bridgehead atoms. The average molecular weight is 281 g/mol. The van der Waals surface area contributed by atoms with Crippen LogP contribution in [0, 0.1) is 0 Å². The minimum atomic E-state index is 0.515. The molecule has 1 aromatic heterocycles. The van der Waals surface area contributed by atoms with Gasteiger partial charge in [-0.25, -0.2) is 4.98 Å². The molecule has 0 amide bonds. The highest BCUT2D eigenvalue weighted by atomic mass is 16.5. The van der Waals surface area contributed by atoms with Gasteiger partial charge in [0.1, 0.15) is 17.4 Å². The van der Waals surface area contributed by atoms with E-state index in [1.807, 2.05) is 19.2 Å². The fourth-order valence-corrected chi connectivity index (χ4v) is 2.88. The van der Waals surface area contributed by atoms with Crippen LogP contribution in [0.15, 0.2) is 24.3 Å². The zero-order valence-corrected chi connectivity index (χ0v) is 12.2. The second-order valence-electron chi connectivity index (χ2n) is 5.86. The van der Waals surface area contributed by atoms with Crippen LogP contribution >= 0.6 is 0 Å². The van der Waals surface area contributed by atoms with E-state index in [2.05, 4.69) is 27.4 Å². The first kappa shape index (κ1) is 12.6. The van der Waals surface area contributed by atoms with E-state index < -0.39 is 0 Å². The Bertz CT molecular complexity index is 680. The molecule has 0 unspecified atom stereocenters. The Balaban J connectivity index is 1.62. The number of hydrogen-bond acceptors (Lipinski definition) is 4. The maximum Gasteiger partial charge on any atom is 0.224 e. The molecule has 2 aliphatic rings. The minimum absolute atomic E-state index is 0.515. The molecule has 1 N–H and O–H groups in total. The predicted octanol–water partition coefficient (Wildman–Crippen LogP) is 3.68. The highest BCUT2D eigenvalue weighted by Crippen LogP contribution is 2.39. The summed E-state index contributed by atoms with van der Waals surface area (Å²) in [6.45, 7) is 0. The summed E-state index contributed by atoms with van der Waals surface area (Å²) in [5, 5.41) is 3.09. The molecule has 0 atom stereocenters. The molecule has 0 radical (unpaired) electrons. The molecular formula is C17H19N3O. The maximum absolute atomic E-state index is 5.97. The SMILES string of the molecule is CNc1cc(Oc2ccc3c(c2)CCC3)nc(C2CC2)n1. The first-order chi connectivity index (χ1) is 10.3. The van der Waals surface area contributed by atoms with Crippen molar-refractivity contribution in [1.29, 1.82) is 0 Å². The third-order valence-corrected chi connectivity index (χ3v) is 4.21. The second-order valence-corrected chi connectivity index (χ2v) is 5.86. The number of fused-ring (bicyclic) bond motifs is 1. The van der Waals surface area contributed by atoms with E-state index >= 15 is 0 Å². The summed E-state index contributed by atoms with van der Waals surface area (Å²) >= 11 is 0. The molecule has 4 heteroatoms. The Morgan fingerprint density at radius 2 is 1.95 bits per heavy atom. The summed E-state index contributed by atoms with van der Waals surface area (Å²) in [6, 6.07) is 8.24. The Kier molecular flexibility index (Phi) is 3.02. The number of aromatic nitrogens is 2. The molecule has 4 nitrogen and oxygen atoms in total. The van der Waals surface area contributed by atoms with E-state index in [9.17, 15) is 0 Å². The third kappa shape index (κ3) is 2.58. The number of anilines is 1. The fourth-order valence-electron chi connectivity index (χ4n) is 2.88. The molecule has 4 rings (SSSR count). The number of ether oxygens (including phenoxy) is 1. The lowest BCUT2D eigenvalue weighted by molar-refractivity contribution is 0.458. The summed E-state index contributed by atoms with van der Waals surface area (Å²) in [6.07, 6.45) is 5.98. The van der Waals surface area contributed by atoms with Gasteiger partial charge in [-0.1, -0.05) is 6.07 Å². The van der Waals surface area contributed by atoms with Gasteiger partial charge in [0.15, 0.2) is 0 Å². The van der Waals surface area contributed by atoms with E-state index in [1.54, 1.807) is 0 Å². The number of nitrogens with one attached hydrogen (secondary N) is 1. The van der Waals surface area contributed by atoms with Gasteiger partial charge >= 0.3 is 0 Å². The van der Waals surface area contributed by atoms with Crippen LogP contribution in [0.3, 0.4) is 0 Å². The van der Waals surface area contributed by atoms with E-state index in [4.69, 9.17) is 4.74 Å². The first-order valence-corrected chi connectivity index (χ1v) is 7.68.